The molecule has 88 valence electrons. The minimum atomic E-state index is 0.255. The molecule has 0 radical (unpaired) electrons. The number of hydrogen-bond acceptors (Lipinski definition) is 2. The Hall–Kier alpha value is -0.730. The van der Waals surface area contributed by atoms with Crippen LogP contribution in [0.1, 0.15) is 26.2 Å². The third kappa shape index (κ3) is 4.42. The first kappa shape index (κ1) is 13.3. The summed E-state index contributed by atoms with van der Waals surface area (Å²) in [5.41, 5.74) is 0. The van der Waals surface area contributed by atoms with E-state index in [1.54, 1.807) is 18.2 Å². The minimum Gasteiger partial charge on any atom is -0.492 e. The average Bonchev–Trinajstić information content (AvgIpc) is 2.26. The Morgan fingerprint density at radius 1 is 1.38 bits per heavy atom. The van der Waals surface area contributed by atoms with Crippen molar-refractivity contribution >= 4 is 29.0 Å². The predicted octanol–water partition coefficient (Wildman–Crippen LogP) is 4.13. The number of rotatable bonds is 6. The highest BCUT2D eigenvalue weighted by atomic mass is 35.5. The minimum absolute atomic E-state index is 0.255. The zero-order valence-electron chi connectivity index (χ0n) is 9.13. The second-order valence-corrected chi connectivity index (χ2v) is 4.26. The number of halogens is 2. The van der Waals surface area contributed by atoms with E-state index in [0.29, 0.717) is 41.7 Å². The number of benzene rings is 1. The molecule has 0 N–H and O–H groups in total. The van der Waals surface area contributed by atoms with Crippen LogP contribution in [0.15, 0.2) is 18.2 Å². The maximum atomic E-state index is 11.0. The Morgan fingerprint density at radius 2 is 2.12 bits per heavy atom. The first-order chi connectivity index (χ1) is 7.63. The summed E-state index contributed by atoms with van der Waals surface area (Å²) >= 11 is 11.7. The fourth-order valence-corrected chi connectivity index (χ4v) is 1.68. The fourth-order valence-electron chi connectivity index (χ4n) is 1.22. The maximum absolute atomic E-state index is 11.0. The molecule has 0 aliphatic carbocycles. The van der Waals surface area contributed by atoms with Crippen LogP contribution in [0.2, 0.25) is 10.0 Å². The summed E-state index contributed by atoms with van der Waals surface area (Å²) in [4.78, 5) is 11.0. The molecule has 0 atom stereocenters. The zero-order valence-corrected chi connectivity index (χ0v) is 10.6. The van der Waals surface area contributed by atoms with Gasteiger partial charge in [-0.1, -0.05) is 30.1 Å². The molecule has 0 unspecified atom stereocenters. The Labute approximate surface area is 106 Å². The number of ketones is 1. The Balaban J connectivity index is 2.35. The van der Waals surface area contributed by atoms with Gasteiger partial charge in [-0.3, -0.25) is 4.79 Å². The largest absolute Gasteiger partial charge is 0.492 e. The topological polar surface area (TPSA) is 26.3 Å². The summed E-state index contributed by atoms with van der Waals surface area (Å²) in [5, 5.41) is 1.08. The first-order valence-electron chi connectivity index (χ1n) is 5.23. The van der Waals surface area contributed by atoms with Gasteiger partial charge in [0.15, 0.2) is 0 Å². The summed E-state index contributed by atoms with van der Waals surface area (Å²) in [6.07, 6.45) is 1.86. The molecule has 0 saturated carbocycles. The van der Waals surface area contributed by atoms with Crippen LogP contribution in [0.4, 0.5) is 0 Å². The van der Waals surface area contributed by atoms with Crippen molar-refractivity contribution in [3.05, 3.63) is 28.2 Å². The first-order valence-corrected chi connectivity index (χ1v) is 5.98. The molecule has 2 nitrogen and oxygen atoms in total. The van der Waals surface area contributed by atoms with Crippen molar-refractivity contribution in [3.8, 4) is 5.75 Å². The molecule has 16 heavy (non-hydrogen) atoms. The highest BCUT2D eigenvalue weighted by Crippen LogP contribution is 2.27. The maximum Gasteiger partial charge on any atom is 0.137 e. The van der Waals surface area contributed by atoms with E-state index in [1.165, 1.54) is 0 Å². The number of carbonyl (C=O) groups excluding carboxylic acids is 1. The monoisotopic (exact) mass is 260 g/mol. The highest BCUT2D eigenvalue weighted by molar-refractivity contribution is 6.35. The van der Waals surface area contributed by atoms with Gasteiger partial charge in [-0.25, -0.2) is 0 Å². The van der Waals surface area contributed by atoms with Crippen LogP contribution >= 0.6 is 23.2 Å². The molecule has 0 bridgehead atoms. The van der Waals surface area contributed by atoms with Crippen molar-refractivity contribution in [1.29, 1.82) is 0 Å². The molecule has 0 spiro atoms. The van der Waals surface area contributed by atoms with E-state index >= 15 is 0 Å². The molecular formula is C12H14Cl2O2. The van der Waals surface area contributed by atoms with E-state index in [0.717, 1.165) is 0 Å². The van der Waals surface area contributed by atoms with Crippen LogP contribution in [0.5, 0.6) is 5.75 Å². The molecule has 0 aliphatic heterocycles. The molecule has 0 aliphatic rings. The van der Waals surface area contributed by atoms with Gasteiger partial charge in [-0.05, 0) is 24.6 Å². The normalized spacial score (nSPS) is 10.2. The summed E-state index contributed by atoms with van der Waals surface area (Å²) in [6, 6.07) is 5.09. The Kier molecular flexibility index (Phi) is 5.64. The average molecular weight is 261 g/mol. The van der Waals surface area contributed by atoms with Gasteiger partial charge < -0.3 is 4.74 Å². The van der Waals surface area contributed by atoms with Gasteiger partial charge in [-0.15, -0.1) is 0 Å². The van der Waals surface area contributed by atoms with Gasteiger partial charge in [0.2, 0.25) is 0 Å². The summed E-state index contributed by atoms with van der Waals surface area (Å²) in [6.45, 7) is 2.35. The van der Waals surface area contributed by atoms with Crippen molar-refractivity contribution in [3.63, 3.8) is 0 Å². The molecule has 4 heteroatoms. The van der Waals surface area contributed by atoms with Gasteiger partial charge >= 0.3 is 0 Å². The quantitative estimate of drug-likeness (QED) is 0.719. The lowest BCUT2D eigenvalue weighted by Gasteiger charge is -2.07. The second-order valence-electron chi connectivity index (χ2n) is 3.42. The van der Waals surface area contributed by atoms with Gasteiger partial charge in [0, 0.05) is 17.9 Å². The molecule has 1 aromatic rings. The van der Waals surface area contributed by atoms with Crippen molar-refractivity contribution in [2.24, 2.45) is 0 Å². The summed E-state index contributed by atoms with van der Waals surface area (Å²) in [5.74, 6) is 0.862. The molecule has 0 amide bonds. The molecule has 0 fully saturated rings. The van der Waals surface area contributed by atoms with E-state index in [9.17, 15) is 4.79 Å². The molecule has 1 aromatic carbocycles. The summed E-state index contributed by atoms with van der Waals surface area (Å²) in [7, 11) is 0. The molecule has 1 rings (SSSR count). The Bertz CT molecular complexity index is 364. The van der Waals surface area contributed by atoms with Gasteiger partial charge in [0.25, 0.3) is 0 Å². The van der Waals surface area contributed by atoms with E-state index in [1.807, 2.05) is 6.92 Å². The molecule has 0 saturated heterocycles. The van der Waals surface area contributed by atoms with Crippen molar-refractivity contribution in [2.45, 2.75) is 26.2 Å². The number of ether oxygens (including phenoxy) is 1. The van der Waals surface area contributed by atoms with Crippen molar-refractivity contribution < 1.29 is 9.53 Å². The number of hydrogen-bond donors (Lipinski definition) is 0. The van der Waals surface area contributed by atoms with E-state index in [4.69, 9.17) is 27.9 Å². The van der Waals surface area contributed by atoms with Crippen LogP contribution in [0.25, 0.3) is 0 Å². The number of Topliss-reactive ketones (excluding diaryl/α,β-unsaturated/α-hetero) is 1. The van der Waals surface area contributed by atoms with Crippen LogP contribution in [0.3, 0.4) is 0 Å². The SMILES string of the molecule is CCC(=O)CCCOc1ccc(Cl)cc1Cl. The van der Waals surface area contributed by atoms with Crippen LogP contribution in [-0.2, 0) is 4.79 Å². The molecule has 0 heterocycles. The standard InChI is InChI=1S/C12H14Cl2O2/c1-2-10(15)4-3-7-16-12-6-5-9(13)8-11(12)14/h5-6,8H,2-4,7H2,1H3. The fraction of sp³-hybridized carbons (Fsp3) is 0.417. The smallest absolute Gasteiger partial charge is 0.137 e. The van der Waals surface area contributed by atoms with Gasteiger partial charge in [0.1, 0.15) is 11.5 Å². The van der Waals surface area contributed by atoms with Gasteiger partial charge in [-0.2, -0.15) is 0 Å². The lowest BCUT2D eigenvalue weighted by Crippen LogP contribution is -2.02. The molecular weight excluding hydrogens is 247 g/mol. The summed E-state index contributed by atoms with van der Waals surface area (Å²) < 4.78 is 5.44. The predicted molar refractivity (Wildman–Crippen MR) is 66.5 cm³/mol. The van der Waals surface area contributed by atoms with Gasteiger partial charge in [0.05, 0.1) is 11.6 Å². The van der Waals surface area contributed by atoms with Crippen LogP contribution < -0.4 is 4.74 Å². The number of carbonyl (C=O) groups is 1. The third-order valence-corrected chi connectivity index (χ3v) is 2.68. The third-order valence-electron chi connectivity index (χ3n) is 2.15. The lowest BCUT2D eigenvalue weighted by atomic mass is 10.2. The second kappa shape index (κ2) is 6.77. The highest BCUT2D eigenvalue weighted by Gasteiger charge is 2.03. The van der Waals surface area contributed by atoms with Crippen molar-refractivity contribution in [2.75, 3.05) is 6.61 Å². The lowest BCUT2D eigenvalue weighted by molar-refractivity contribution is -0.118. The van der Waals surface area contributed by atoms with E-state index in [-0.39, 0.29) is 5.78 Å². The Morgan fingerprint density at radius 3 is 2.75 bits per heavy atom. The van der Waals surface area contributed by atoms with Crippen LogP contribution in [0, 0.1) is 0 Å². The van der Waals surface area contributed by atoms with E-state index < -0.39 is 0 Å². The molecule has 0 aromatic heterocycles. The van der Waals surface area contributed by atoms with Crippen LogP contribution in [-0.4, -0.2) is 12.4 Å². The van der Waals surface area contributed by atoms with E-state index in [2.05, 4.69) is 0 Å². The zero-order chi connectivity index (χ0) is 12.0. The van der Waals surface area contributed by atoms with Crippen molar-refractivity contribution in [1.82, 2.24) is 0 Å².